The van der Waals surface area contributed by atoms with Crippen molar-refractivity contribution in [3.8, 4) is 5.69 Å². The van der Waals surface area contributed by atoms with Crippen LogP contribution >= 0.6 is 10.3 Å². The van der Waals surface area contributed by atoms with E-state index in [1.807, 2.05) is 13.8 Å². The van der Waals surface area contributed by atoms with E-state index in [2.05, 4.69) is 10.3 Å². The minimum absolute atomic E-state index is 0.00614. The highest BCUT2D eigenvalue weighted by Gasteiger charge is 2.60. The van der Waals surface area contributed by atoms with Crippen molar-refractivity contribution in [2.24, 2.45) is 16.8 Å². The van der Waals surface area contributed by atoms with Crippen LogP contribution in [0.25, 0.3) is 0 Å². The van der Waals surface area contributed by atoms with Crippen molar-refractivity contribution in [2.45, 2.75) is 55.4 Å². The van der Waals surface area contributed by atoms with Crippen molar-refractivity contribution in [2.75, 3.05) is 20.6 Å². The number of likely N-dealkylation sites (N-methyl/N-ethyl adjacent to an activating group) is 1. The van der Waals surface area contributed by atoms with E-state index in [9.17, 15) is 19.5 Å². The molecule has 0 aliphatic carbocycles. The fraction of sp³-hybridized carbons (Fsp3) is 0.737. The minimum Gasteiger partial charge on any atom is -0.477 e. The summed E-state index contributed by atoms with van der Waals surface area (Å²) >= 11 is 0. The number of hydrogen-bond donors (Lipinski definition) is 3. The van der Waals surface area contributed by atoms with Crippen LogP contribution in [-0.2, 0) is 19.1 Å². The standard InChI is InChI=1S/C19H29N3O5S/c1-9-15(28(6)11-7-12(20-8-11)16(23)22(4)5)14(17(24)25)21-19(9,3)13-10(2)27-18(13)26/h6,9-13,15,20,28H,7-8H2,1-5H3,(H,24,25)/t9-,10+,11-,12-,13-,15?,19+/m0/s1. The lowest BCUT2D eigenvalue weighted by Gasteiger charge is -2.44. The zero-order chi connectivity index (χ0) is 21.0. The normalized spacial score (nSPS) is 41.0. The van der Waals surface area contributed by atoms with Gasteiger partial charge < -0.3 is 20.1 Å². The van der Waals surface area contributed by atoms with Crippen LogP contribution in [0.3, 0.4) is 0 Å². The second-order valence-electron chi connectivity index (χ2n) is 8.41. The van der Waals surface area contributed by atoms with E-state index in [1.165, 1.54) is 0 Å². The van der Waals surface area contributed by atoms with Crippen molar-refractivity contribution in [3.63, 3.8) is 0 Å². The van der Waals surface area contributed by atoms with Gasteiger partial charge in [0.05, 0.1) is 11.6 Å². The maximum Gasteiger partial charge on any atom is 0.350 e. The third kappa shape index (κ3) is 3.15. The zero-order valence-corrected chi connectivity index (χ0v) is 17.8. The first-order valence-corrected chi connectivity index (χ1v) is 11.0. The topological polar surface area (TPSA) is 108 Å². The number of carboxylic acid groups (broad SMARTS) is 1. The Morgan fingerprint density at radius 1 is 1.39 bits per heavy atom. The van der Waals surface area contributed by atoms with E-state index >= 15 is 0 Å². The second kappa shape index (κ2) is 7.21. The number of hydrogen-bond acceptors (Lipinski definition) is 6. The molecule has 3 aliphatic heterocycles. The maximum absolute atomic E-state index is 12.2. The average molecular weight is 412 g/mol. The molecule has 3 heterocycles. The van der Waals surface area contributed by atoms with Gasteiger partial charge >= 0.3 is 11.9 Å². The Labute approximate surface area is 167 Å². The Hall–Kier alpha value is -1.83. The third-order valence-electron chi connectivity index (χ3n) is 6.50. The molecule has 1 amide bonds. The molecule has 0 spiro atoms. The number of rotatable bonds is 3. The molecule has 0 aromatic rings. The van der Waals surface area contributed by atoms with Crippen molar-refractivity contribution in [1.29, 1.82) is 0 Å². The molecular weight excluding hydrogens is 382 g/mol. The molecule has 9 heteroatoms. The number of aliphatic carboxylic acids is 1. The first-order valence-electron chi connectivity index (χ1n) is 9.50. The Kier molecular flexibility index (Phi) is 5.38. The van der Waals surface area contributed by atoms with E-state index < -0.39 is 33.0 Å². The summed E-state index contributed by atoms with van der Waals surface area (Å²) in [5.74, 6) is -2.11. The number of esters is 1. The summed E-state index contributed by atoms with van der Waals surface area (Å²) in [7, 11) is 2.16. The smallest absolute Gasteiger partial charge is 0.350 e. The Morgan fingerprint density at radius 3 is 2.54 bits per heavy atom. The number of amides is 1. The summed E-state index contributed by atoms with van der Waals surface area (Å²) in [6.07, 6.45) is 0.283. The summed E-state index contributed by atoms with van der Waals surface area (Å²) in [4.78, 5) is 42.3. The van der Waals surface area contributed by atoms with Crippen molar-refractivity contribution < 1.29 is 24.2 Å². The van der Waals surface area contributed by atoms with Gasteiger partial charge in [-0.3, -0.25) is 14.6 Å². The van der Waals surface area contributed by atoms with Gasteiger partial charge in [0.15, 0.2) is 0 Å². The fourth-order valence-corrected chi connectivity index (χ4v) is 7.23. The molecule has 3 rings (SSSR count). The monoisotopic (exact) mass is 411 g/mol. The van der Waals surface area contributed by atoms with Gasteiger partial charge in [0, 0.05) is 31.1 Å². The molecule has 0 aromatic heterocycles. The van der Waals surface area contributed by atoms with Crippen molar-refractivity contribution >= 4 is 33.9 Å². The van der Waals surface area contributed by atoms with Gasteiger partial charge in [-0.05, 0) is 26.2 Å². The van der Waals surface area contributed by atoms with Crippen LogP contribution in [0.1, 0.15) is 27.2 Å². The summed E-state index contributed by atoms with van der Waals surface area (Å²) in [6, 6.07) is -0.302. The van der Waals surface area contributed by atoms with E-state index in [-0.39, 0.29) is 40.9 Å². The zero-order valence-electron chi connectivity index (χ0n) is 16.9. The molecule has 156 valence electrons. The lowest BCUT2D eigenvalue weighted by Crippen LogP contribution is -2.57. The number of ether oxygens (including phenoxy) is 1. The fourth-order valence-electron chi connectivity index (χ4n) is 4.74. The van der Waals surface area contributed by atoms with Crippen molar-refractivity contribution in [1.82, 2.24) is 10.2 Å². The number of carboxylic acids is 1. The van der Waals surface area contributed by atoms with Crippen LogP contribution in [0, 0.1) is 17.5 Å². The number of nitrogens with zero attached hydrogens (tertiary/aromatic N) is 2. The van der Waals surface area contributed by atoms with Gasteiger partial charge in [-0.25, -0.2) is 4.79 Å². The van der Waals surface area contributed by atoms with E-state index in [0.717, 1.165) is 0 Å². The predicted octanol–water partition coefficient (Wildman–Crippen LogP) is 0.259. The molecule has 0 radical (unpaired) electrons. The van der Waals surface area contributed by atoms with Gasteiger partial charge in [-0.15, -0.1) is 5.69 Å². The number of aliphatic imine (C=N–C) groups is 1. The molecule has 8 atom stereocenters. The Morgan fingerprint density at radius 2 is 2.04 bits per heavy atom. The highest BCUT2D eigenvalue weighted by atomic mass is 32.2. The van der Waals surface area contributed by atoms with Crippen LogP contribution in [0.2, 0.25) is 0 Å². The minimum atomic E-state index is -1.25. The number of cyclic esters (lactones) is 1. The van der Waals surface area contributed by atoms with Crippen LogP contribution in [0.5, 0.6) is 0 Å². The second-order valence-corrected chi connectivity index (χ2v) is 10.6. The van der Waals surface area contributed by atoms with E-state index in [0.29, 0.717) is 13.0 Å². The first-order chi connectivity index (χ1) is 13.0. The van der Waals surface area contributed by atoms with Crippen molar-refractivity contribution in [3.05, 3.63) is 0 Å². The molecule has 0 aromatic carbocycles. The van der Waals surface area contributed by atoms with Crippen LogP contribution in [-0.4, -0.2) is 82.4 Å². The van der Waals surface area contributed by atoms with Gasteiger partial charge in [-0.2, -0.15) is 10.3 Å². The lowest BCUT2D eigenvalue weighted by atomic mass is 9.72. The molecule has 2 saturated heterocycles. The average Bonchev–Trinajstić information content (AvgIpc) is 3.18. The molecule has 8 nitrogen and oxygen atoms in total. The summed E-state index contributed by atoms with van der Waals surface area (Å²) in [5, 5.41) is 12.6. The van der Waals surface area contributed by atoms with Gasteiger partial charge in [-0.1, -0.05) is 6.92 Å². The van der Waals surface area contributed by atoms with Gasteiger partial charge in [0.1, 0.15) is 17.7 Å². The van der Waals surface area contributed by atoms with Gasteiger partial charge in [0.2, 0.25) is 5.91 Å². The molecule has 0 bridgehead atoms. The van der Waals surface area contributed by atoms with Crippen LogP contribution in [0.15, 0.2) is 4.99 Å². The molecule has 2 fully saturated rings. The predicted molar refractivity (Wildman–Crippen MR) is 108 cm³/mol. The summed E-state index contributed by atoms with van der Waals surface area (Å²) in [5.41, 5.74) is 5.84. The first kappa shape index (κ1) is 20.9. The maximum atomic E-state index is 12.2. The van der Waals surface area contributed by atoms with E-state index in [4.69, 9.17) is 10.4 Å². The molecule has 28 heavy (non-hydrogen) atoms. The largest absolute Gasteiger partial charge is 0.477 e. The Balaban J connectivity index is 1.84. The quantitative estimate of drug-likeness (QED) is 0.454. The van der Waals surface area contributed by atoms with Crippen LogP contribution < -0.4 is 5.32 Å². The molecule has 2 N–H and O–H groups in total. The van der Waals surface area contributed by atoms with Gasteiger partial charge in [0.25, 0.3) is 0 Å². The summed E-state index contributed by atoms with van der Waals surface area (Å²) in [6.45, 7) is 6.13. The highest BCUT2D eigenvalue weighted by Crippen LogP contribution is 2.50. The van der Waals surface area contributed by atoms with E-state index in [1.54, 1.807) is 25.9 Å². The number of carbonyl (C=O) groups is 3. The Bertz CT molecular complexity index is 816. The number of thiol groups is 1. The van der Waals surface area contributed by atoms with Crippen LogP contribution in [0.4, 0.5) is 0 Å². The molecular formula is C19H29N3O5S. The molecule has 3 aliphatic rings. The number of nitrogens with one attached hydrogen (secondary N) is 1. The lowest BCUT2D eigenvalue weighted by molar-refractivity contribution is -0.189. The number of carbonyl (C=O) groups excluding carboxylic acids is 2. The highest BCUT2D eigenvalue weighted by molar-refractivity contribution is 8.08. The SMILES string of the molecule is C#[SH](C1C(C(=O)O)=N[C@@](C)([C@@H]2C(=O)O[C@@H]2C)[C@H]1C)[C@@H]1CN[C@H](C(=O)N(C)C)C1. The summed E-state index contributed by atoms with van der Waals surface area (Å²) < 4.78 is 5.10. The molecule has 2 unspecified atom stereocenters. The third-order valence-corrected chi connectivity index (χ3v) is 9.07. The molecule has 0 saturated carbocycles.